The van der Waals surface area contributed by atoms with E-state index < -0.39 is 12.6 Å². The van der Waals surface area contributed by atoms with Crippen LogP contribution in [0.3, 0.4) is 0 Å². The number of aromatic nitrogens is 1. The first-order valence-corrected chi connectivity index (χ1v) is 5.85. The minimum Gasteiger partial charge on any atom is -0.347 e. The number of rotatable bonds is 4. The van der Waals surface area contributed by atoms with E-state index >= 15 is 0 Å². The molecule has 0 spiro atoms. The Morgan fingerprint density at radius 2 is 1.94 bits per heavy atom. The Hall–Kier alpha value is -1.49. The fourth-order valence-electron chi connectivity index (χ4n) is 2.11. The first-order chi connectivity index (χ1) is 8.51. The molecule has 1 aromatic heterocycles. The van der Waals surface area contributed by atoms with E-state index in [1.807, 2.05) is 35.0 Å². The highest BCUT2D eigenvalue weighted by molar-refractivity contribution is 5.83. The van der Waals surface area contributed by atoms with Crippen LogP contribution in [0.4, 0.5) is 13.2 Å². The Morgan fingerprint density at radius 3 is 2.61 bits per heavy atom. The van der Waals surface area contributed by atoms with Crippen LogP contribution in [0.2, 0.25) is 0 Å². The van der Waals surface area contributed by atoms with Crippen LogP contribution >= 0.6 is 0 Å². The predicted octanol–water partition coefficient (Wildman–Crippen LogP) is 3.44. The quantitative estimate of drug-likeness (QED) is 0.892. The molecule has 0 radical (unpaired) electrons. The summed E-state index contributed by atoms with van der Waals surface area (Å²) in [5.74, 6) is 0. The number of nitrogens with zero attached hydrogens (tertiary/aromatic N) is 1. The van der Waals surface area contributed by atoms with E-state index in [-0.39, 0.29) is 6.42 Å². The molecule has 5 heteroatoms. The molecule has 0 fully saturated rings. The Labute approximate surface area is 103 Å². The van der Waals surface area contributed by atoms with Crippen LogP contribution in [0.25, 0.3) is 10.9 Å². The zero-order valence-corrected chi connectivity index (χ0v) is 9.87. The lowest BCUT2D eigenvalue weighted by Crippen LogP contribution is -2.09. The van der Waals surface area contributed by atoms with Gasteiger partial charge in [-0.15, -0.1) is 0 Å². The second-order valence-corrected chi connectivity index (χ2v) is 4.28. The molecular weight excluding hydrogens is 241 g/mol. The highest BCUT2D eigenvalue weighted by Gasteiger charge is 2.26. The number of aryl methyl sites for hydroxylation is 1. The first kappa shape index (κ1) is 13.0. The lowest BCUT2D eigenvalue weighted by Gasteiger charge is -2.08. The maximum absolute atomic E-state index is 12.1. The zero-order chi connectivity index (χ0) is 13.2. The van der Waals surface area contributed by atoms with Gasteiger partial charge in [0, 0.05) is 36.6 Å². The van der Waals surface area contributed by atoms with Crippen molar-refractivity contribution in [2.75, 3.05) is 0 Å². The van der Waals surface area contributed by atoms with E-state index in [0.29, 0.717) is 13.1 Å². The van der Waals surface area contributed by atoms with Crippen LogP contribution in [0.1, 0.15) is 18.4 Å². The largest absolute Gasteiger partial charge is 0.389 e. The van der Waals surface area contributed by atoms with Crippen LogP contribution in [0.5, 0.6) is 0 Å². The van der Waals surface area contributed by atoms with Gasteiger partial charge in [-0.25, -0.2) is 0 Å². The summed E-state index contributed by atoms with van der Waals surface area (Å²) < 4.78 is 38.1. The summed E-state index contributed by atoms with van der Waals surface area (Å²) in [5, 5.41) is 1.02. The molecule has 1 aromatic carbocycles. The standard InChI is InChI=1S/C13H15F3N2/c14-13(15,16)6-2-7-18-8-5-11-10(9-17)3-1-4-12(11)18/h1,3-5,8H,2,6-7,9,17H2. The average molecular weight is 256 g/mol. The molecular formula is C13H15F3N2. The number of halogens is 3. The van der Waals surface area contributed by atoms with Crippen LogP contribution < -0.4 is 5.73 Å². The molecule has 2 N–H and O–H groups in total. The fourth-order valence-corrected chi connectivity index (χ4v) is 2.11. The van der Waals surface area contributed by atoms with Crippen molar-refractivity contribution in [1.82, 2.24) is 4.57 Å². The highest BCUT2D eigenvalue weighted by Crippen LogP contribution is 2.24. The topological polar surface area (TPSA) is 30.9 Å². The summed E-state index contributed by atoms with van der Waals surface area (Å²) in [5.41, 5.74) is 7.58. The van der Waals surface area contributed by atoms with Gasteiger partial charge in [-0.1, -0.05) is 12.1 Å². The Balaban J connectivity index is 2.15. The van der Waals surface area contributed by atoms with Crippen molar-refractivity contribution in [3.63, 3.8) is 0 Å². The third-order valence-electron chi connectivity index (χ3n) is 2.98. The van der Waals surface area contributed by atoms with Crippen molar-refractivity contribution in [3.05, 3.63) is 36.0 Å². The Kier molecular flexibility index (Phi) is 3.61. The number of nitrogens with two attached hydrogens (primary N) is 1. The average Bonchev–Trinajstić information content (AvgIpc) is 2.71. The monoisotopic (exact) mass is 256 g/mol. The molecule has 2 nitrogen and oxygen atoms in total. The Morgan fingerprint density at radius 1 is 1.17 bits per heavy atom. The zero-order valence-electron chi connectivity index (χ0n) is 9.87. The van der Waals surface area contributed by atoms with Gasteiger partial charge in [-0.05, 0) is 24.1 Å². The number of alkyl halides is 3. The van der Waals surface area contributed by atoms with E-state index in [9.17, 15) is 13.2 Å². The van der Waals surface area contributed by atoms with E-state index in [2.05, 4.69) is 0 Å². The molecule has 0 amide bonds. The molecule has 0 aliphatic rings. The molecule has 18 heavy (non-hydrogen) atoms. The van der Waals surface area contributed by atoms with Gasteiger partial charge < -0.3 is 10.3 Å². The van der Waals surface area contributed by atoms with Gasteiger partial charge in [0.25, 0.3) is 0 Å². The summed E-state index contributed by atoms with van der Waals surface area (Å²) in [7, 11) is 0. The maximum atomic E-state index is 12.1. The molecule has 0 atom stereocenters. The third-order valence-corrected chi connectivity index (χ3v) is 2.98. The van der Waals surface area contributed by atoms with Gasteiger partial charge in [-0.2, -0.15) is 13.2 Å². The second kappa shape index (κ2) is 5.02. The molecule has 0 saturated heterocycles. The first-order valence-electron chi connectivity index (χ1n) is 5.85. The van der Waals surface area contributed by atoms with Gasteiger partial charge in [0.1, 0.15) is 0 Å². The predicted molar refractivity (Wildman–Crippen MR) is 65.1 cm³/mol. The van der Waals surface area contributed by atoms with Crippen molar-refractivity contribution in [2.45, 2.75) is 32.1 Å². The molecule has 1 heterocycles. The van der Waals surface area contributed by atoms with E-state index in [0.717, 1.165) is 16.5 Å². The smallest absolute Gasteiger partial charge is 0.347 e. The van der Waals surface area contributed by atoms with Gasteiger partial charge in [-0.3, -0.25) is 0 Å². The van der Waals surface area contributed by atoms with Crippen molar-refractivity contribution in [3.8, 4) is 0 Å². The van der Waals surface area contributed by atoms with Gasteiger partial charge in [0.05, 0.1) is 0 Å². The molecule has 0 aliphatic heterocycles. The summed E-state index contributed by atoms with van der Waals surface area (Å²) in [4.78, 5) is 0. The molecule has 98 valence electrons. The summed E-state index contributed by atoms with van der Waals surface area (Å²) >= 11 is 0. The van der Waals surface area contributed by atoms with Gasteiger partial charge >= 0.3 is 6.18 Å². The molecule has 0 aliphatic carbocycles. The van der Waals surface area contributed by atoms with E-state index in [4.69, 9.17) is 5.73 Å². The third kappa shape index (κ3) is 2.85. The second-order valence-electron chi connectivity index (χ2n) is 4.28. The summed E-state index contributed by atoms with van der Waals surface area (Å²) in [6.07, 6.45) is -2.91. The van der Waals surface area contributed by atoms with Gasteiger partial charge in [0.15, 0.2) is 0 Å². The number of hydrogen-bond acceptors (Lipinski definition) is 1. The summed E-state index contributed by atoms with van der Waals surface area (Å²) in [6, 6.07) is 7.63. The number of fused-ring (bicyclic) bond motifs is 1. The lowest BCUT2D eigenvalue weighted by molar-refractivity contribution is -0.135. The normalized spacial score (nSPS) is 12.2. The van der Waals surface area contributed by atoms with Crippen molar-refractivity contribution in [2.24, 2.45) is 5.73 Å². The SMILES string of the molecule is NCc1cccc2c1ccn2CCCC(F)(F)F. The molecule has 2 aromatic rings. The number of benzene rings is 1. The minimum absolute atomic E-state index is 0.0974. The van der Waals surface area contributed by atoms with Crippen molar-refractivity contribution in [1.29, 1.82) is 0 Å². The Bertz CT molecular complexity index is 529. The number of hydrogen-bond donors (Lipinski definition) is 1. The minimum atomic E-state index is -4.08. The molecule has 0 saturated carbocycles. The highest BCUT2D eigenvalue weighted by atomic mass is 19.4. The van der Waals surface area contributed by atoms with Crippen LogP contribution in [-0.4, -0.2) is 10.7 Å². The van der Waals surface area contributed by atoms with Crippen molar-refractivity contribution < 1.29 is 13.2 Å². The fraction of sp³-hybridized carbons (Fsp3) is 0.385. The lowest BCUT2D eigenvalue weighted by atomic mass is 10.1. The van der Waals surface area contributed by atoms with Gasteiger partial charge in [0.2, 0.25) is 0 Å². The summed E-state index contributed by atoms with van der Waals surface area (Å²) in [6.45, 7) is 0.806. The van der Waals surface area contributed by atoms with E-state index in [1.165, 1.54) is 0 Å². The molecule has 2 rings (SSSR count). The van der Waals surface area contributed by atoms with E-state index in [1.54, 1.807) is 0 Å². The molecule has 0 unspecified atom stereocenters. The maximum Gasteiger partial charge on any atom is 0.389 e. The van der Waals surface area contributed by atoms with Crippen LogP contribution in [-0.2, 0) is 13.1 Å². The van der Waals surface area contributed by atoms with Crippen molar-refractivity contribution >= 4 is 10.9 Å². The van der Waals surface area contributed by atoms with Crippen LogP contribution in [0.15, 0.2) is 30.5 Å². The van der Waals surface area contributed by atoms with Crippen LogP contribution in [0, 0.1) is 0 Å². The molecule has 0 bridgehead atoms.